The number of hydrogen-bond acceptors (Lipinski definition) is 3. The third kappa shape index (κ3) is 5.21. The number of amides is 1. The molecular weight excluding hydrogens is 254 g/mol. The van der Waals surface area contributed by atoms with Gasteiger partial charge < -0.3 is 15.8 Å². The minimum atomic E-state index is -2.87. The van der Waals surface area contributed by atoms with Crippen LogP contribution in [0.5, 0.6) is 5.75 Å². The molecular formula is C13H18F2N2O2. The molecule has 106 valence electrons. The Labute approximate surface area is 110 Å². The van der Waals surface area contributed by atoms with Crippen molar-refractivity contribution in [2.24, 2.45) is 11.1 Å². The van der Waals surface area contributed by atoms with Gasteiger partial charge in [0.1, 0.15) is 5.75 Å². The third-order valence-electron chi connectivity index (χ3n) is 2.62. The second kappa shape index (κ2) is 6.47. The number of benzene rings is 1. The van der Waals surface area contributed by atoms with Crippen LogP contribution >= 0.6 is 0 Å². The molecule has 3 N–H and O–H groups in total. The number of nitrogens with two attached hydrogens (primary N) is 1. The van der Waals surface area contributed by atoms with Crippen LogP contribution in [0.4, 0.5) is 8.78 Å². The molecule has 0 aliphatic rings. The summed E-state index contributed by atoms with van der Waals surface area (Å²) < 4.78 is 28.1. The Hall–Kier alpha value is -1.69. The van der Waals surface area contributed by atoms with E-state index in [1.54, 1.807) is 0 Å². The Morgan fingerprint density at radius 2 is 1.95 bits per heavy atom. The molecule has 0 saturated heterocycles. The van der Waals surface area contributed by atoms with E-state index < -0.39 is 6.61 Å². The molecule has 1 amide bonds. The number of ether oxygens (including phenoxy) is 1. The molecule has 0 saturated carbocycles. The van der Waals surface area contributed by atoms with Gasteiger partial charge in [0.25, 0.3) is 5.91 Å². The van der Waals surface area contributed by atoms with E-state index in [0.29, 0.717) is 18.7 Å². The van der Waals surface area contributed by atoms with Crippen molar-refractivity contribution in [3.8, 4) is 5.75 Å². The summed E-state index contributed by atoms with van der Waals surface area (Å²) in [4.78, 5) is 11.8. The molecule has 0 aliphatic heterocycles. The average molecular weight is 272 g/mol. The summed E-state index contributed by atoms with van der Waals surface area (Å²) in [6.07, 6.45) is 0. The third-order valence-corrected chi connectivity index (χ3v) is 2.62. The summed E-state index contributed by atoms with van der Waals surface area (Å²) in [5.74, 6) is -0.251. The van der Waals surface area contributed by atoms with Crippen LogP contribution in [0, 0.1) is 5.41 Å². The van der Waals surface area contributed by atoms with E-state index in [4.69, 9.17) is 5.73 Å². The van der Waals surface area contributed by atoms with Crippen molar-refractivity contribution < 1.29 is 18.3 Å². The van der Waals surface area contributed by atoms with Gasteiger partial charge in [0, 0.05) is 12.1 Å². The van der Waals surface area contributed by atoms with Crippen molar-refractivity contribution in [1.82, 2.24) is 5.32 Å². The first-order chi connectivity index (χ1) is 8.84. The van der Waals surface area contributed by atoms with Gasteiger partial charge in [0.05, 0.1) is 0 Å². The molecule has 1 rings (SSSR count). The summed E-state index contributed by atoms with van der Waals surface area (Å²) in [7, 11) is 0. The monoisotopic (exact) mass is 272 g/mol. The highest BCUT2D eigenvalue weighted by Gasteiger charge is 2.17. The zero-order chi connectivity index (χ0) is 14.5. The normalized spacial score (nSPS) is 11.5. The number of hydrogen-bond donors (Lipinski definition) is 2. The van der Waals surface area contributed by atoms with Crippen LogP contribution in [0.2, 0.25) is 0 Å². The summed E-state index contributed by atoms with van der Waals surface area (Å²) in [5.41, 5.74) is 5.76. The summed E-state index contributed by atoms with van der Waals surface area (Å²) in [6, 6.07) is 5.52. The van der Waals surface area contributed by atoms with Gasteiger partial charge in [-0.05, 0) is 36.2 Å². The lowest BCUT2D eigenvalue weighted by Gasteiger charge is -2.22. The van der Waals surface area contributed by atoms with E-state index in [9.17, 15) is 13.6 Å². The lowest BCUT2D eigenvalue weighted by molar-refractivity contribution is -0.0498. The number of nitrogens with one attached hydrogen (secondary N) is 1. The average Bonchev–Trinajstić information content (AvgIpc) is 2.36. The molecule has 1 aromatic carbocycles. The highest BCUT2D eigenvalue weighted by Crippen LogP contribution is 2.15. The van der Waals surface area contributed by atoms with Gasteiger partial charge in [-0.15, -0.1) is 0 Å². The quantitative estimate of drug-likeness (QED) is 0.832. The van der Waals surface area contributed by atoms with Gasteiger partial charge in [0.2, 0.25) is 0 Å². The van der Waals surface area contributed by atoms with E-state index in [2.05, 4.69) is 10.1 Å². The Bertz CT molecular complexity index is 419. The van der Waals surface area contributed by atoms with Gasteiger partial charge in [0.15, 0.2) is 0 Å². The van der Waals surface area contributed by atoms with Crippen LogP contribution in [0.25, 0.3) is 0 Å². The molecule has 0 unspecified atom stereocenters. The fourth-order valence-electron chi connectivity index (χ4n) is 1.28. The molecule has 0 aromatic heterocycles. The van der Waals surface area contributed by atoms with E-state index in [0.717, 1.165) is 0 Å². The minimum absolute atomic E-state index is 0.0221. The van der Waals surface area contributed by atoms with Crippen LogP contribution in [0.3, 0.4) is 0 Å². The molecule has 0 radical (unpaired) electrons. The maximum absolute atomic E-state index is 12.0. The van der Waals surface area contributed by atoms with Crippen LogP contribution in [0.15, 0.2) is 24.3 Å². The lowest BCUT2D eigenvalue weighted by atomic mass is 9.94. The molecule has 19 heavy (non-hydrogen) atoms. The number of halogens is 2. The molecule has 4 nitrogen and oxygen atoms in total. The van der Waals surface area contributed by atoms with Gasteiger partial charge in [-0.1, -0.05) is 13.8 Å². The first-order valence-electron chi connectivity index (χ1n) is 5.87. The summed E-state index contributed by atoms with van der Waals surface area (Å²) in [5, 5.41) is 2.74. The van der Waals surface area contributed by atoms with Gasteiger partial charge in [-0.25, -0.2) is 0 Å². The molecule has 0 aliphatic carbocycles. The van der Waals surface area contributed by atoms with Gasteiger partial charge in [-0.2, -0.15) is 8.78 Å². The Morgan fingerprint density at radius 3 is 2.42 bits per heavy atom. The highest BCUT2D eigenvalue weighted by molar-refractivity contribution is 5.94. The van der Waals surface area contributed by atoms with Crippen LogP contribution in [-0.2, 0) is 0 Å². The Morgan fingerprint density at radius 1 is 1.37 bits per heavy atom. The molecule has 0 bridgehead atoms. The van der Waals surface area contributed by atoms with E-state index in [1.165, 1.54) is 24.3 Å². The Balaban J connectivity index is 2.58. The van der Waals surface area contributed by atoms with E-state index >= 15 is 0 Å². The zero-order valence-electron chi connectivity index (χ0n) is 11.0. The number of alkyl halides is 2. The standard InChI is InChI=1S/C13H18F2N2O2/c1-13(2,7-16)8-17-11(18)9-3-5-10(6-4-9)19-12(14)15/h3-6,12H,7-8,16H2,1-2H3,(H,17,18). The van der Waals surface area contributed by atoms with Crippen molar-refractivity contribution in [3.63, 3.8) is 0 Å². The van der Waals surface area contributed by atoms with Crippen LogP contribution in [0.1, 0.15) is 24.2 Å². The van der Waals surface area contributed by atoms with Crippen LogP contribution in [-0.4, -0.2) is 25.6 Å². The second-order valence-electron chi connectivity index (χ2n) is 4.95. The molecule has 0 atom stereocenters. The zero-order valence-corrected chi connectivity index (χ0v) is 11.0. The number of carbonyl (C=O) groups excluding carboxylic acids is 1. The van der Waals surface area contributed by atoms with Crippen molar-refractivity contribution >= 4 is 5.91 Å². The minimum Gasteiger partial charge on any atom is -0.435 e. The fourth-order valence-corrected chi connectivity index (χ4v) is 1.28. The van der Waals surface area contributed by atoms with Gasteiger partial charge >= 0.3 is 6.61 Å². The second-order valence-corrected chi connectivity index (χ2v) is 4.95. The smallest absolute Gasteiger partial charge is 0.387 e. The molecule has 0 spiro atoms. The van der Waals surface area contributed by atoms with E-state index in [1.807, 2.05) is 13.8 Å². The number of carbonyl (C=O) groups is 1. The maximum atomic E-state index is 12.0. The largest absolute Gasteiger partial charge is 0.435 e. The van der Waals surface area contributed by atoms with Gasteiger partial charge in [-0.3, -0.25) is 4.79 Å². The first kappa shape index (κ1) is 15.4. The predicted molar refractivity (Wildman–Crippen MR) is 68.2 cm³/mol. The molecule has 1 aromatic rings. The summed E-state index contributed by atoms with van der Waals surface area (Å²) in [6.45, 7) is 1.90. The Kier molecular flexibility index (Phi) is 5.23. The molecule has 0 heterocycles. The van der Waals surface area contributed by atoms with Crippen molar-refractivity contribution in [2.75, 3.05) is 13.1 Å². The maximum Gasteiger partial charge on any atom is 0.387 e. The van der Waals surface area contributed by atoms with E-state index in [-0.39, 0.29) is 17.1 Å². The fraction of sp³-hybridized carbons (Fsp3) is 0.462. The first-order valence-corrected chi connectivity index (χ1v) is 5.87. The number of rotatable bonds is 6. The predicted octanol–water partition coefficient (Wildman–Crippen LogP) is 2.00. The molecule has 6 heteroatoms. The SMILES string of the molecule is CC(C)(CN)CNC(=O)c1ccc(OC(F)F)cc1. The summed E-state index contributed by atoms with van der Waals surface area (Å²) >= 11 is 0. The van der Waals surface area contributed by atoms with Crippen molar-refractivity contribution in [1.29, 1.82) is 0 Å². The lowest BCUT2D eigenvalue weighted by Crippen LogP contribution is -2.38. The highest BCUT2D eigenvalue weighted by atomic mass is 19.3. The molecule has 0 fully saturated rings. The topological polar surface area (TPSA) is 64.3 Å². The van der Waals surface area contributed by atoms with Crippen molar-refractivity contribution in [2.45, 2.75) is 20.5 Å². The van der Waals surface area contributed by atoms with Crippen molar-refractivity contribution in [3.05, 3.63) is 29.8 Å². The van der Waals surface area contributed by atoms with Crippen LogP contribution < -0.4 is 15.8 Å².